The number of hydrogen-bond acceptors (Lipinski definition) is 5. The minimum absolute atomic E-state index is 0.0788. The van der Waals surface area contributed by atoms with E-state index in [-0.39, 0.29) is 10.5 Å². The number of para-hydroxylation sites is 1. The highest BCUT2D eigenvalue weighted by atomic mass is 32.2. The van der Waals surface area contributed by atoms with Crippen molar-refractivity contribution < 1.29 is 22.4 Å². The highest BCUT2D eigenvalue weighted by Gasteiger charge is 2.44. The summed E-state index contributed by atoms with van der Waals surface area (Å²) in [6, 6.07) is 18.5. The van der Waals surface area contributed by atoms with Crippen LogP contribution in [0.1, 0.15) is 5.56 Å². The molecule has 3 aromatic carbocycles. The maximum absolute atomic E-state index is 13.3. The van der Waals surface area contributed by atoms with Crippen LogP contribution >= 0.6 is 0 Å². The van der Waals surface area contributed by atoms with Gasteiger partial charge in [-0.15, -0.1) is 0 Å². The van der Waals surface area contributed by atoms with E-state index >= 15 is 0 Å². The summed E-state index contributed by atoms with van der Waals surface area (Å²) in [7, 11) is -3.87. The zero-order valence-electron chi connectivity index (χ0n) is 16.6. The van der Waals surface area contributed by atoms with Crippen molar-refractivity contribution in [2.75, 3.05) is 10.2 Å². The average Bonchev–Trinajstić information content (AvgIpc) is 2.99. The van der Waals surface area contributed by atoms with Crippen LogP contribution < -0.4 is 15.4 Å². The number of hydrogen-bond donors (Lipinski definition) is 2. The summed E-state index contributed by atoms with van der Waals surface area (Å²) in [6.07, 6.45) is 1.53. The van der Waals surface area contributed by atoms with E-state index in [4.69, 9.17) is 5.14 Å². The lowest BCUT2D eigenvalue weighted by atomic mass is 10.1. The topological polar surface area (TPSA) is 110 Å². The van der Waals surface area contributed by atoms with Gasteiger partial charge in [-0.3, -0.25) is 9.59 Å². The molecular formula is C23H18FN3O4S. The summed E-state index contributed by atoms with van der Waals surface area (Å²) in [6.45, 7) is 0. The lowest BCUT2D eigenvalue weighted by Gasteiger charge is -2.15. The van der Waals surface area contributed by atoms with Gasteiger partial charge < -0.3 is 5.32 Å². The van der Waals surface area contributed by atoms with E-state index in [1.54, 1.807) is 30.3 Å². The molecule has 9 heteroatoms. The van der Waals surface area contributed by atoms with Crippen LogP contribution in [0.5, 0.6) is 0 Å². The van der Waals surface area contributed by atoms with E-state index in [0.717, 1.165) is 4.90 Å². The SMILES string of the molecule is NS(=O)(=O)c1ccc(NC2C(=O)N(c3ccccc3)C(=O)/C2=C/c2ccc(F)cc2)cc1. The van der Waals surface area contributed by atoms with Gasteiger partial charge in [-0.05, 0) is 60.2 Å². The smallest absolute Gasteiger partial charge is 0.263 e. The van der Waals surface area contributed by atoms with E-state index in [2.05, 4.69) is 5.32 Å². The Balaban J connectivity index is 1.73. The molecule has 1 aliphatic heterocycles. The molecule has 2 amide bonds. The molecule has 162 valence electrons. The summed E-state index contributed by atoms with van der Waals surface area (Å²) in [5.74, 6) is -1.43. The molecule has 1 atom stereocenters. The van der Waals surface area contributed by atoms with Crippen LogP contribution in [0.2, 0.25) is 0 Å². The Bertz CT molecular complexity index is 1310. The molecule has 0 aromatic heterocycles. The van der Waals surface area contributed by atoms with E-state index in [0.29, 0.717) is 16.9 Å². The quantitative estimate of drug-likeness (QED) is 0.458. The number of nitrogens with two attached hydrogens (primary N) is 1. The number of sulfonamides is 1. The second-order valence-electron chi connectivity index (χ2n) is 7.11. The summed E-state index contributed by atoms with van der Waals surface area (Å²) < 4.78 is 36.2. The molecule has 1 saturated heterocycles. The molecule has 4 rings (SSSR count). The van der Waals surface area contributed by atoms with Crippen LogP contribution in [0.3, 0.4) is 0 Å². The van der Waals surface area contributed by atoms with Crippen molar-refractivity contribution in [1.82, 2.24) is 0 Å². The first-order valence-electron chi connectivity index (χ1n) is 9.54. The van der Waals surface area contributed by atoms with Gasteiger partial charge in [0, 0.05) is 5.69 Å². The van der Waals surface area contributed by atoms with Crippen LogP contribution in [0, 0.1) is 5.82 Å². The molecule has 0 bridgehead atoms. The molecule has 0 spiro atoms. The highest BCUT2D eigenvalue weighted by molar-refractivity contribution is 7.89. The second kappa shape index (κ2) is 8.37. The Hall–Kier alpha value is -3.82. The molecule has 0 radical (unpaired) electrons. The number of carbonyl (C=O) groups is 2. The first-order valence-corrected chi connectivity index (χ1v) is 11.1. The number of amides is 2. The molecule has 1 heterocycles. The molecular weight excluding hydrogens is 433 g/mol. The zero-order chi connectivity index (χ0) is 22.9. The third kappa shape index (κ3) is 4.29. The number of halogens is 1. The van der Waals surface area contributed by atoms with Crippen molar-refractivity contribution in [3.05, 3.63) is 95.8 Å². The molecule has 0 saturated carbocycles. The van der Waals surface area contributed by atoms with E-state index in [1.807, 2.05) is 0 Å². The van der Waals surface area contributed by atoms with Crippen LogP contribution in [-0.2, 0) is 19.6 Å². The lowest BCUT2D eigenvalue weighted by molar-refractivity contribution is -0.121. The predicted molar refractivity (Wildman–Crippen MR) is 119 cm³/mol. The van der Waals surface area contributed by atoms with Gasteiger partial charge in [0.15, 0.2) is 0 Å². The van der Waals surface area contributed by atoms with Gasteiger partial charge in [0.25, 0.3) is 11.8 Å². The van der Waals surface area contributed by atoms with E-state index in [9.17, 15) is 22.4 Å². The van der Waals surface area contributed by atoms with Gasteiger partial charge in [-0.2, -0.15) is 0 Å². The summed E-state index contributed by atoms with van der Waals surface area (Å²) in [5.41, 5.74) is 1.56. The fraction of sp³-hybridized carbons (Fsp3) is 0.0435. The van der Waals surface area contributed by atoms with Crippen molar-refractivity contribution in [1.29, 1.82) is 0 Å². The fourth-order valence-electron chi connectivity index (χ4n) is 3.37. The Morgan fingerprint density at radius 1 is 0.906 bits per heavy atom. The van der Waals surface area contributed by atoms with Gasteiger partial charge in [-0.25, -0.2) is 22.8 Å². The number of primary sulfonamides is 1. The Morgan fingerprint density at radius 2 is 1.53 bits per heavy atom. The lowest BCUT2D eigenvalue weighted by Crippen LogP contribution is -2.34. The zero-order valence-corrected chi connectivity index (χ0v) is 17.4. The predicted octanol–water partition coefficient (Wildman–Crippen LogP) is 2.91. The van der Waals surface area contributed by atoms with E-state index < -0.39 is 33.7 Å². The second-order valence-corrected chi connectivity index (χ2v) is 8.67. The normalized spacial score (nSPS) is 17.8. The molecule has 1 aliphatic rings. The maximum atomic E-state index is 13.3. The number of carbonyl (C=O) groups excluding carboxylic acids is 2. The number of nitrogens with zero attached hydrogens (tertiary/aromatic N) is 1. The van der Waals surface area contributed by atoms with E-state index in [1.165, 1.54) is 54.6 Å². The van der Waals surface area contributed by atoms with Crippen molar-refractivity contribution in [2.45, 2.75) is 10.9 Å². The average molecular weight is 451 g/mol. The molecule has 7 nitrogen and oxygen atoms in total. The summed E-state index contributed by atoms with van der Waals surface area (Å²) >= 11 is 0. The first-order chi connectivity index (χ1) is 15.2. The fourth-order valence-corrected chi connectivity index (χ4v) is 3.88. The maximum Gasteiger partial charge on any atom is 0.263 e. The van der Waals surface area contributed by atoms with Gasteiger partial charge in [-0.1, -0.05) is 30.3 Å². The molecule has 3 N–H and O–H groups in total. The molecule has 1 unspecified atom stereocenters. The van der Waals surface area contributed by atoms with Crippen LogP contribution in [0.15, 0.2) is 89.3 Å². The molecule has 1 fully saturated rings. The Labute approximate surface area is 184 Å². The largest absolute Gasteiger partial charge is 0.370 e. The van der Waals surface area contributed by atoms with Crippen molar-refractivity contribution in [2.24, 2.45) is 5.14 Å². The van der Waals surface area contributed by atoms with Gasteiger partial charge >= 0.3 is 0 Å². The third-order valence-corrected chi connectivity index (χ3v) is 5.86. The van der Waals surface area contributed by atoms with Crippen molar-refractivity contribution in [3.8, 4) is 0 Å². The Morgan fingerprint density at radius 3 is 2.12 bits per heavy atom. The number of benzene rings is 3. The standard InChI is InChI=1S/C23H18FN3O4S/c24-16-8-6-15(7-9-16)14-20-21(26-17-10-12-19(13-11-17)32(25,30)31)23(29)27(22(20)28)18-4-2-1-3-5-18/h1-14,21,26H,(H2,25,30,31)/b20-14+. The molecule has 32 heavy (non-hydrogen) atoms. The van der Waals surface area contributed by atoms with Gasteiger partial charge in [0.1, 0.15) is 11.9 Å². The summed E-state index contributed by atoms with van der Waals surface area (Å²) in [4.78, 5) is 27.4. The van der Waals surface area contributed by atoms with Crippen LogP contribution in [0.4, 0.5) is 15.8 Å². The van der Waals surface area contributed by atoms with Crippen molar-refractivity contribution in [3.63, 3.8) is 0 Å². The minimum Gasteiger partial charge on any atom is -0.370 e. The number of anilines is 2. The molecule has 0 aliphatic carbocycles. The molecule has 3 aromatic rings. The monoisotopic (exact) mass is 451 g/mol. The number of rotatable bonds is 5. The number of nitrogens with one attached hydrogen (secondary N) is 1. The first kappa shape index (κ1) is 21.4. The highest BCUT2D eigenvalue weighted by Crippen LogP contribution is 2.30. The van der Waals surface area contributed by atoms with Crippen LogP contribution in [0.25, 0.3) is 6.08 Å². The van der Waals surface area contributed by atoms with Gasteiger partial charge in [0.05, 0.1) is 16.2 Å². The Kier molecular flexibility index (Phi) is 5.60. The summed E-state index contributed by atoms with van der Waals surface area (Å²) in [5, 5.41) is 8.11. The van der Waals surface area contributed by atoms with Gasteiger partial charge in [0.2, 0.25) is 10.0 Å². The minimum atomic E-state index is -3.87. The van der Waals surface area contributed by atoms with Crippen LogP contribution in [-0.4, -0.2) is 26.3 Å². The van der Waals surface area contributed by atoms with Crippen molar-refractivity contribution >= 4 is 39.3 Å². The number of imide groups is 1. The third-order valence-electron chi connectivity index (χ3n) is 4.93.